The number of hydrogen-bond acceptors (Lipinski definition) is 3. The summed E-state index contributed by atoms with van der Waals surface area (Å²) >= 11 is 0. The van der Waals surface area contributed by atoms with Crippen molar-refractivity contribution in [1.82, 2.24) is 0 Å². The Bertz CT molecular complexity index is 470. The quantitative estimate of drug-likeness (QED) is 0.907. The Morgan fingerprint density at radius 1 is 1.53 bits per heavy atom. The van der Waals surface area contributed by atoms with Gasteiger partial charge in [-0.05, 0) is 30.0 Å². The van der Waals surface area contributed by atoms with Crippen LogP contribution in [-0.2, 0) is 4.79 Å². The topological polar surface area (TPSA) is 49.8 Å². The molecule has 1 unspecified atom stereocenters. The number of carboxylic acid groups (broad SMARTS) is 1. The fourth-order valence-electron chi connectivity index (χ4n) is 2.33. The maximum Gasteiger partial charge on any atom is 0.323 e. The largest absolute Gasteiger partial charge is 0.486 e. The summed E-state index contributed by atoms with van der Waals surface area (Å²) in [5, 5.41) is 9.05. The van der Waals surface area contributed by atoms with Gasteiger partial charge < -0.3 is 14.7 Å². The number of carboxylic acids is 1. The number of benzene rings is 1. The van der Waals surface area contributed by atoms with Gasteiger partial charge in [-0.3, -0.25) is 4.79 Å². The standard InChI is InChI=1S/C15H21NO3/c1-4-12-8-16(9-15(17)18)13-7-11(10(2)3)5-6-14(13)19-12/h5-7,10,12H,4,8-9H2,1-3H3,(H,17,18). The number of aliphatic carboxylic acids is 1. The van der Waals surface area contributed by atoms with Crippen LogP contribution in [0, 0.1) is 0 Å². The molecule has 1 heterocycles. The molecule has 0 bridgehead atoms. The molecule has 4 heteroatoms. The lowest BCUT2D eigenvalue weighted by atomic mass is 10.0. The average Bonchev–Trinajstić information content (AvgIpc) is 2.37. The molecule has 0 fully saturated rings. The van der Waals surface area contributed by atoms with E-state index in [1.165, 1.54) is 5.56 Å². The molecule has 104 valence electrons. The Hall–Kier alpha value is -1.71. The van der Waals surface area contributed by atoms with Crippen LogP contribution in [0.1, 0.15) is 38.7 Å². The van der Waals surface area contributed by atoms with E-state index < -0.39 is 5.97 Å². The molecule has 1 N–H and O–H groups in total. The van der Waals surface area contributed by atoms with Crippen molar-refractivity contribution in [1.29, 1.82) is 0 Å². The summed E-state index contributed by atoms with van der Waals surface area (Å²) in [6.07, 6.45) is 0.943. The fraction of sp³-hybridized carbons (Fsp3) is 0.533. The third kappa shape index (κ3) is 3.00. The minimum absolute atomic E-state index is 0.0222. The molecule has 2 rings (SSSR count). The lowest BCUT2D eigenvalue weighted by Gasteiger charge is -2.35. The summed E-state index contributed by atoms with van der Waals surface area (Å²) in [4.78, 5) is 12.9. The van der Waals surface area contributed by atoms with E-state index in [-0.39, 0.29) is 12.6 Å². The van der Waals surface area contributed by atoms with Crippen molar-refractivity contribution in [2.75, 3.05) is 18.0 Å². The lowest BCUT2D eigenvalue weighted by Crippen LogP contribution is -2.42. The highest BCUT2D eigenvalue weighted by Gasteiger charge is 2.26. The number of carbonyl (C=O) groups is 1. The Labute approximate surface area is 114 Å². The van der Waals surface area contributed by atoms with Crippen LogP contribution in [0.25, 0.3) is 0 Å². The molecule has 1 aliphatic rings. The molecule has 1 aliphatic heterocycles. The average molecular weight is 263 g/mol. The number of ether oxygens (including phenoxy) is 1. The van der Waals surface area contributed by atoms with Gasteiger partial charge in [-0.15, -0.1) is 0 Å². The number of fused-ring (bicyclic) bond motifs is 1. The molecule has 0 spiro atoms. The van der Waals surface area contributed by atoms with Crippen molar-refractivity contribution in [3.63, 3.8) is 0 Å². The molecule has 19 heavy (non-hydrogen) atoms. The van der Waals surface area contributed by atoms with E-state index >= 15 is 0 Å². The first-order chi connectivity index (χ1) is 9.01. The summed E-state index contributed by atoms with van der Waals surface area (Å²) in [6.45, 7) is 6.96. The smallest absolute Gasteiger partial charge is 0.323 e. The van der Waals surface area contributed by atoms with E-state index in [0.717, 1.165) is 17.9 Å². The second-order valence-electron chi connectivity index (χ2n) is 5.30. The van der Waals surface area contributed by atoms with Gasteiger partial charge >= 0.3 is 5.97 Å². The van der Waals surface area contributed by atoms with Crippen molar-refractivity contribution >= 4 is 11.7 Å². The SMILES string of the molecule is CCC1CN(CC(=O)O)c2cc(C(C)C)ccc2O1. The Balaban J connectivity index is 2.36. The van der Waals surface area contributed by atoms with Gasteiger partial charge in [0.05, 0.1) is 12.2 Å². The summed E-state index contributed by atoms with van der Waals surface area (Å²) in [5.41, 5.74) is 2.10. The second kappa shape index (κ2) is 5.51. The van der Waals surface area contributed by atoms with Crippen LogP contribution < -0.4 is 9.64 Å². The normalized spacial score (nSPS) is 18.1. The summed E-state index contributed by atoms with van der Waals surface area (Å²) in [6, 6.07) is 6.07. The molecule has 0 saturated heterocycles. The highest BCUT2D eigenvalue weighted by Crippen LogP contribution is 2.36. The van der Waals surface area contributed by atoms with Gasteiger partial charge in [-0.25, -0.2) is 0 Å². The highest BCUT2D eigenvalue weighted by atomic mass is 16.5. The van der Waals surface area contributed by atoms with Crippen LogP contribution in [-0.4, -0.2) is 30.3 Å². The van der Waals surface area contributed by atoms with Gasteiger partial charge in [0.15, 0.2) is 0 Å². The molecular formula is C15H21NO3. The van der Waals surface area contributed by atoms with E-state index in [0.29, 0.717) is 12.5 Å². The zero-order valence-corrected chi connectivity index (χ0v) is 11.7. The van der Waals surface area contributed by atoms with Crippen molar-refractivity contribution in [2.45, 2.75) is 39.2 Å². The van der Waals surface area contributed by atoms with Crippen LogP contribution in [0.2, 0.25) is 0 Å². The van der Waals surface area contributed by atoms with Crippen molar-refractivity contribution in [3.05, 3.63) is 23.8 Å². The number of anilines is 1. The molecule has 0 radical (unpaired) electrons. The molecule has 4 nitrogen and oxygen atoms in total. The Kier molecular flexibility index (Phi) is 3.98. The van der Waals surface area contributed by atoms with Gasteiger partial charge in [-0.1, -0.05) is 26.8 Å². The monoisotopic (exact) mass is 263 g/mol. The van der Waals surface area contributed by atoms with Gasteiger partial charge in [0.1, 0.15) is 18.4 Å². The van der Waals surface area contributed by atoms with Crippen molar-refractivity contribution in [3.8, 4) is 5.75 Å². The maximum absolute atomic E-state index is 11.0. The van der Waals surface area contributed by atoms with Crippen LogP contribution >= 0.6 is 0 Å². The lowest BCUT2D eigenvalue weighted by molar-refractivity contribution is -0.135. The fourth-order valence-corrected chi connectivity index (χ4v) is 2.33. The Morgan fingerprint density at radius 3 is 2.84 bits per heavy atom. The number of hydrogen-bond donors (Lipinski definition) is 1. The Morgan fingerprint density at radius 2 is 2.26 bits per heavy atom. The van der Waals surface area contributed by atoms with E-state index in [2.05, 4.69) is 32.9 Å². The number of nitrogens with zero attached hydrogens (tertiary/aromatic N) is 1. The first kappa shape index (κ1) is 13.7. The summed E-state index contributed by atoms with van der Waals surface area (Å²) < 4.78 is 5.89. The predicted molar refractivity (Wildman–Crippen MR) is 75.1 cm³/mol. The van der Waals surface area contributed by atoms with Gasteiger partial charge in [0, 0.05) is 0 Å². The van der Waals surface area contributed by atoms with E-state index in [1.807, 2.05) is 11.0 Å². The highest BCUT2D eigenvalue weighted by molar-refractivity contribution is 5.76. The maximum atomic E-state index is 11.0. The minimum Gasteiger partial charge on any atom is -0.486 e. The van der Waals surface area contributed by atoms with Crippen molar-refractivity contribution < 1.29 is 14.6 Å². The van der Waals surface area contributed by atoms with E-state index in [9.17, 15) is 4.79 Å². The van der Waals surface area contributed by atoms with Crippen molar-refractivity contribution in [2.24, 2.45) is 0 Å². The molecule has 0 aromatic heterocycles. The van der Waals surface area contributed by atoms with Gasteiger partial charge in [-0.2, -0.15) is 0 Å². The molecule has 1 aromatic carbocycles. The first-order valence-electron chi connectivity index (χ1n) is 6.78. The molecule has 1 atom stereocenters. The third-order valence-corrected chi connectivity index (χ3v) is 3.49. The first-order valence-corrected chi connectivity index (χ1v) is 6.78. The summed E-state index contributed by atoms with van der Waals surface area (Å²) in [5.74, 6) is 0.405. The van der Waals surface area contributed by atoms with Crippen LogP contribution in [0.15, 0.2) is 18.2 Å². The van der Waals surface area contributed by atoms with Gasteiger partial charge in [0.25, 0.3) is 0 Å². The zero-order valence-electron chi connectivity index (χ0n) is 11.7. The molecule has 0 amide bonds. The molecular weight excluding hydrogens is 242 g/mol. The van der Waals surface area contributed by atoms with E-state index in [4.69, 9.17) is 9.84 Å². The second-order valence-corrected chi connectivity index (χ2v) is 5.30. The molecule has 0 aliphatic carbocycles. The summed E-state index contributed by atoms with van der Waals surface area (Å²) in [7, 11) is 0. The predicted octanol–water partition coefficient (Wildman–Crippen LogP) is 2.87. The number of rotatable bonds is 4. The molecule has 1 aromatic rings. The van der Waals surface area contributed by atoms with E-state index in [1.54, 1.807) is 0 Å². The minimum atomic E-state index is -0.808. The van der Waals surface area contributed by atoms with Crippen LogP contribution in [0.3, 0.4) is 0 Å². The zero-order chi connectivity index (χ0) is 14.0. The van der Waals surface area contributed by atoms with Crippen LogP contribution in [0.4, 0.5) is 5.69 Å². The third-order valence-electron chi connectivity index (χ3n) is 3.49. The molecule has 0 saturated carbocycles. The van der Waals surface area contributed by atoms with Crippen LogP contribution in [0.5, 0.6) is 5.75 Å². The van der Waals surface area contributed by atoms with Gasteiger partial charge in [0.2, 0.25) is 0 Å².